The molecule has 0 heterocycles. The molecule has 1 rings (SSSR count). The zero-order valence-electron chi connectivity index (χ0n) is 12.1. The number of aliphatic imine (C=N–C) groups is 1. The van der Waals surface area contributed by atoms with E-state index in [1.165, 1.54) is 22.3 Å². The summed E-state index contributed by atoms with van der Waals surface area (Å²) in [7, 11) is 0. The average molecular weight is 241 g/mol. The van der Waals surface area contributed by atoms with Gasteiger partial charge in [0.25, 0.3) is 0 Å². The van der Waals surface area contributed by atoms with E-state index in [4.69, 9.17) is 0 Å². The van der Waals surface area contributed by atoms with Gasteiger partial charge in [0.05, 0.1) is 5.70 Å². The zero-order chi connectivity index (χ0) is 13.5. The molecule has 0 unspecified atom stereocenters. The van der Waals surface area contributed by atoms with E-state index in [2.05, 4.69) is 56.1 Å². The van der Waals surface area contributed by atoms with Gasteiger partial charge < -0.3 is 0 Å². The lowest BCUT2D eigenvalue weighted by Gasteiger charge is -2.13. The van der Waals surface area contributed by atoms with Gasteiger partial charge in [-0.2, -0.15) is 0 Å². The van der Waals surface area contributed by atoms with Gasteiger partial charge in [0.15, 0.2) is 0 Å². The highest BCUT2D eigenvalue weighted by atomic mass is 14.7. The number of rotatable bonds is 4. The molecule has 0 spiro atoms. The van der Waals surface area contributed by atoms with Crippen LogP contribution in [0.2, 0.25) is 0 Å². The summed E-state index contributed by atoms with van der Waals surface area (Å²) < 4.78 is 0. The number of aryl methyl sites for hydroxylation is 1. The van der Waals surface area contributed by atoms with Crippen molar-refractivity contribution in [1.82, 2.24) is 0 Å². The Hall–Kier alpha value is -1.63. The fourth-order valence-electron chi connectivity index (χ4n) is 2.04. The normalized spacial score (nSPS) is 13.4. The van der Waals surface area contributed by atoms with Gasteiger partial charge in [-0.3, -0.25) is 4.99 Å². The Kier molecular flexibility index (Phi) is 5.57. The molecule has 0 aliphatic carbocycles. The fraction of sp³-hybridized carbons (Fsp3) is 0.353. The predicted molar refractivity (Wildman–Crippen MR) is 82.1 cm³/mol. The first-order chi connectivity index (χ1) is 8.65. The summed E-state index contributed by atoms with van der Waals surface area (Å²) in [5.74, 6) is 0. The summed E-state index contributed by atoms with van der Waals surface area (Å²) in [4.78, 5) is 4.48. The van der Waals surface area contributed by atoms with Crippen LogP contribution in [0.1, 0.15) is 43.9 Å². The molecule has 0 atom stereocenters. The van der Waals surface area contributed by atoms with Gasteiger partial charge in [-0.1, -0.05) is 37.3 Å². The summed E-state index contributed by atoms with van der Waals surface area (Å²) in [6.45, 7) is 10.5. The van der Waals surface area contributed by atoms with Gasteiger partial charge in [-0.05, 0) is 50.8 Å². The molecule has 0 aliphatic rings. The van der Waals surface area contributed by atoms with Gasteiger partial charge in [0, 0.05) is 11.8 Å². The van der Waals surface area contributed by atoms with Crippen molar-refractivity contribution in [3.05, 3.63) is 52.7 Å². The van der Waals surface area contributed by atoms with E-state index >= 15 is 0 Å². The Morgan fingerprint density at radius 2 is 1.94 bits per heavy atom. The van der Waals surface area contributed by atoms with Gasteiger partial charge >= 0.3 is 0 Å². The Labute approximate surface area is 111 Å². The molecule has 1 aromatic carbocycles. The van der Waals surface area contributed by atoms with Crippen molar-refractivity contribution < 1.29 is 0 Å². The van der Waals surface area contributed by atoms with Gasteiger partial charge in [0.2, 0.25) is 0 Å². The smallest absolute Gasteiger partial charge is 0.0658 e. The minimum absolute atomic E-state index is 1.01. The molecule has 0 N–H and O–H groups in total. The van der Waals surface area contributed by atoms with Crippen molar-refractivity contribution in [1.29, 1.82) is 0 Å². The van der Waals surface area contributed by atoms with E-state index < -0.39 is 0 Å². The van der Waals surface area contributed by atoms with Gasteiger partial charge in [0.1, 0.15) is 0 Å². The third-order valence-electron chi connectivity index (χ3n) is 3.12. The highest BCUT2D eigenvalue weighted by Gasteiger charge is 2.09. The first-order valence-corrected chi connectivity index (χ1v) is 6.57. The van der Waals surface area contributed by atoms with Crippen LogP contribution in [0.5, 0.6) is 0 Å². The summed E-state index contributed by atoms with van der Waals surface area (Å²) >= 11 is 0. The molecule has 1 nitrogen and oxygen atoms in total. The van der Waals surface area contributed by atoms with E-state index in [9.17, 15) is 0 Å². The lowest BCUT2D eigenvalue weighted by Crippen LogP contribution is -1.94. The van der Waals surface area contributed by atoms with E-state index in [1.54, 1.807) is 0 Å². The van der Waals surface area contributed by atoms with Crippen molar-refractivity contribution in [2.75, 3.05) is 0 Å². The third kappa shape index (κ3) is 3.19. The zero-order valence-corrected chi connectivity index (χ0v) is 12.1. The number of hydrogen-bond donors (Lipinski definition) is 0. The summed E-state index contributed by atoms with van der Waals surface area (Å²) in [6.07, 6.45) is 7.19. The second-order valence-corrected chi connectivity index (χ2v) is 4.33. The lowest BCUT2D eigenvalue weighted by molar-refractivity contribution is 1.21. The standard InChI is InChI=1S/C17H23N/c1-6-10-16(17(7-2)18-8-3)15-12-9-11-13(4)14(15)5/h7-12H,6H2,1-5H3/b16-10-,17-7-,18-8?. The van der Waals surface area contributed by atoms with Crippen molar-refractivity contribution >= 4 is 11.8 Å². The quantitative estimate of drug-likeness (QED) is 0.514. The number of nitrogens with zero attached hydrogens (tertiary/aromatic N) is 1. The first-order valence-electron chi connectivity index (χ1n) is 6.57. The third-order valence-corrected chi connectivity index (χ3v) is 3.12. The molecule has 0 radical (unpaired) electrons. The minimum Gasteiger partial charge on any atom is -0.261 e. The highest BCUT2D eigenvalue weighted by molar-refractivity contribution is 5.82. The van der Waals surface area contributed by atoms with Crippen molar-refractivity contribution in [3.8, 4) is 0 Å². The maximum atomic E-state index is 4.48. The number of allylic oxidation sites excluding steroid dienone is 3. The molecule has 0 aliphatic heterocycles. The van der Waals surface area contributed by atoms with Crippen LogP contribution in [-0.4, -0.2) is 6.21 Å². The van der Waals surface area contributed by atoms with Crippen LogP contribution in [0.3, 0.4) is 0 Å². The predicted octanol–water partition coefficient (Wildman–Crippen LogP) is 5.09. The van der Waals surface area contributed by atoms with Crippen molar-refractivity contribution in [3.63, 3.8) is 0 Å². The molecule has 0 aromatic heterocycles. The molecule has 1 heteroatoms. The molecule has 0 saturated heterocycles. The number of hydrogen-bond acceptors (Lipinski definition) is 1. The molecule has 0 fully saturated rings. The van der Waals surface area contributed by atoms with Crippen LogP contribution in [0, 0.1) is 13.8 Å². The topological polar surface area (TPSA) is 12.4 Å². The van der Waals surface area contributed by atoms with Crippen LogP contribution in [0.4, 0.5) is 0 Å². The largest absolute Gasteiger partial charge is 0.261 e. The van der Waals surface area contributed by atoms with Crippen LogP contribution in [0.15, 0.2) is 41.0 Å². The fourth-order valence-corrected chi connectivity index (χ4v) is 2.04. The van der Waals surface area contributed by atoms with Crippen molar-refractivity contribution in [2.24, 2.45) is 4.99 Å². The maximum Gasteiger partial charge on any atom is 0.0658 e. The molecule has 96 valence electrons. The van der Waals surface area contributed by atoms with Gasteiger partial charge in [-0.25, -0.2) is 0 Å². The first kappa shape index (κ1) is 14.4. The van der Waals surface area contributed by atoms with E-state index in [1.807, 2.05) is 20.1 Å². The Bertz CT molecular complexity index is 490. The van der Waals surface area contributed by atoms with E-state index in [0.29, 0.717) is 0 Å². The second kappa shape index (κ2) is 6.95. The molecule has 18 heavy (non-hydrogen) atoms. The maximum absolute atomic E-state index is 4.48. The lowest BCUT2D eigenvalue weighted by atomic mass is 9.94. The molecule has 0 amide bonds. The highest BCUT2D eigenvalue weighted by Crippen LogP contribution is 2.28. The molecule has 0 saturated carbocycles. The average Bonchev–Trinajstić information content (AvgIpc) is 2.37. The van der Waals surface area contributed by atoms with Crippen LogP contribution in [-0.2, 0) is 0 Å². The Balaban J connectivity index is 3.38. The Morgan fingerprint density at radius 3 is 2.50 bits per heavy atom. The summed E-state index contributed by atoms with van der Waals surface area (Å²) in [5.41, 5.74) is 6.23. The number of benzene rings is 1. The van der Waals surface area contributed by atoms with Crippen molar-refractivity contribution in [2.45, 2.75) is 41.0 Å². The second-order valence-electron chi connectivity index (χ2n) is 4.33. The molecular weight excluding hydrogens is 218 g/mol. The monoisotopic (exact) mass is 241 g/mol. The molecule has 0 bridgehead atoms. The Morgan fingerprint density at radius 1 is 1.22 bits per heavy atom. The SMILES string of the molecule is CC=NC(=C\C)/C(=C\CC)c1cccc(C)c1C. The summed E-state index contributed by atoms with van der Waals surface area (Å²) in [5, 5.41) is 0. The van der Waals surface area contributed by atoms with Crippen LogP contribution in [0.25, 0.3) is 5.57 Å². The molecule has 1 aromatic rings. The van der Waals surface area contributed by atoms with E-state index in [-0.39, 0.29) is 0 Å². The minimum atomic E-state index is 1.01. The van der Waals surface area contributed by atoms with Crippen LogP contribution >= 0.6 is 0 Å². The summed E-state index contributed by atoms with van der Waals surface area (Å²) in [6, 6.07) is 6.45. The molecular formula is C17H23N. The van der Waals surface area contributed by atoms with E-state index in [0.717, 1.165) is 12.1 Å². The van der Waals surface area contributed by atoms with Gasteiger partial charge in [-0.15, -0.1) is 0 Å². The van der Waals surface area contributed by atoms with Crippen LogP contribution < -0.4 is 0 Å².